The van der Waals surface area contributed by atoms with Gasteiger partial charge >= 0.3 is 0 Å². The van der Waals surface area contributed by atoms with Crippen LogP contribution >= 0.6 is 35.0 Å². The van der Waals surface area contributed by atoms with Crippen molar-refractivity contribution in [3.05, 3.63) is 99.5 Å². The zero-order chi connectivity index (χ0) is 26.6. The Morgan fingerprint density at radius 3 is 2.38 bits per heavy atom. The highest BCUT2D eigenvalue weighted by atomic mass is 35.5. The molecule has 8 heteroatoms. The van der Waals surface area contributed by atoms with Crippen molar-refractivity contribution < 1.29 is 14.3 Å². The van der Waals surface area contributed by atoms with E-state index in [1.165, 1.54) is 11.8 Å². The first-order chi connectivity index (χ1) is 17.9. The van der Waals surface area contributed by atoms with Crippen molar-refractivity contribution in [1.29, 1.82) is 0 Å². The fourth-order valence-electron chi connectivity index (χ4n) is 3.81. The smallest absolute Gasteiger partial charge is 0.243 e. The number of methoxy groups -OCH3 is 1. The third-order valence-corrected chi connectivity index (χ3v) is 7.40. The number of ether oxygens (including phenoxy) is 1. The van der Waals surface area contributed by atoms with Gasteiger partial charge in [0.2, 0.25) is 11.8 Å². The van der Waals surface area contributed by atoms with Gasteiger partial charge in [-0.3, -0.25) is 9.59 Å². The van der Waals surface area contributed by atoms with Crippen LogP contribution in [-0.2, 0) is 28.3 Å². The second kappa shape index (κ2) is 14.9. The molecule has 0 aliphatic heterocycles. The van der Waals surface area contributed by atoms with Gasteiger partial charge in [-0.25, -0.2) is 0 Å². The third-order valence-electron chi connectivity index (χ3n) is 5.83. The van der Waals surface area contributed by atoms with Gasteiger partial charge in [0.25, 0.3) is 0 Å². The van der Waals surface area contributed by atoms with Gasteiger partial charge in [-0.2, -0.15) is 0 Å². The second-order valence-corrected chi connectivity index (χ2v) is 10.4. The van der Waals surface area contributed by atoms with Crippen LogP contribution in [0.15, 0.2) is 72.8 Å². The van der Waals surface area contributed by atoms with Crippen LogP contribution < -0.4 is 10.1 Å². The van der Waals surface area contributed by atoms with Crippen LogP contribution in [0, 0.1) is 0 Å². The number of hydrogen-bond donors (Lipinski definition) is 1. The first kappa shape index (κ1) is 28.9. The lowest BCUT2D eigenvalue weighted by Crippen LogP contribution is -2.51. The highest BCUT2D eigenvalue weighted by Crippen LogP contribution is 2.25. The predicted molar refractivity (Wildman–Crippen MR) is 153 cm³/mol. The number of hydrogen-bond acceptors (Lipinski definition) is 4. The maximum absolute atomic E-state index is 13.7. The lowest BCUT2D eigenvalue weighted by atomic mass is 10.0. The molecule has 5 nitrogen and oxygen atoms in total. The number of benzene rings is 3. The topological polar surface area (TPSA) is 58.6 Å². The molecule has 196 valence electrons. The lowest BCUT2D eigenvalue weighted by Gasteiger charge is -2.32. The molecular formula is C29H32Cl2N2O3S. The number of nitrogens with zero attached hydrogens (tertiary/aromatic N) is 1. The van der Waals surface area contributed by atoms with Crippen molar-refractivity contribution in [3.63, 3.8) is 0 Å². The summed E-state index contributed by atoms with van der Waals surface area (Å²) in [6.07, 6.45) is 1.20. The minimum Gasteiger partial charge on any atom is -0.497 e. The quantitative estimate of drug-likeness (QED) is 0.263. The van der Waals surface area contributed by atoms with Crippen LogP contribution in [0.3, 0.4) is 0 Å². The highest BCUT2D eigenvalue weighted by molar-refractivity contribution is 7.99. The number of amides is 2. The van der Waals surface area contributed by atoms with Crippen LogP contribution in [0.5, 0.6) is 5.75 Å². The molecule has 3 aromatic carbocycles. The normalized spacial score (nSPS) is 11.6. The average Bonchev–Trinajstić information content (AvgIpc) is 2.91. The Labute approximate surface area is 233 Å². The van der Waals surface area contributed by atoms with E-state index in [1.807, 2.05) is 61.5 Å². The molecular weight excluding hydrogens is 527 g/mol. The fourth-order valence-corrected chi connectivity index (χ4v) is 5.15. The van der Waals surface area contributed by atoms with Crippen LogP contribution in [-0.4, -0.2) is 42.2 Å². The van der Waals surface area contributed by atoms with E-state index in [9.17, 15) is 9.59 Å². The van der Waals surface area contributed by atoms with E-state index in [1.54, 1.807) is 30.2 Å². The van der Waals surface area contributed by atoms with Gasteiger partial charge in [0.05, 0.1) is 12.9 Å². The number of nitrogens with one attached hydrogen (secondary N) is 1. The van der Waals surface area contributed by atoms with Gasteiger partial charge in [0, 0.05) is 35.3 Å². The molecule has 0 saturated heterocycles. The van der Waals surface area contributed by atoms with E-state index in [2.05, 4.69) is 5.32 Å². The van der Waals surface area contributed by atoms with E-state index < -0.39 is 6.04 Å². The Morgan fingerprint density at radius 1 is 1.00 bits per heavy atom. The molecule has 0 saturated carbocycles. The summed E-state index contributed by atoms with van der Waals surface area (Å²) in [7, 11) is 1.63. The summed E-state index contributed by atoms with van der Waals surface area (Å²) >= 11 is 14.1. The number of carbonyl (C=O) groups excluding carboxylic acids is 2. The van der Waals surface area contributed by atoms with Crippen LogP contribution in [0.4, 0.5) is 0 Å². The Kier molecular flexibility index (Phi) is 11.6. The first-order valence-corrected chi connectivity index (χ1v) is 14.1. The molecule has 1 N–H and O–H groups in total. The van der Waals surface area contributed by atoms with Gasteiger partial charge in [0.15, 0.2) is 0 Å². The molecule has 0 aliphatic carbocycles. The number of halogens is 2. The molecule has 0 bridgehead atoms. The highest BCUT2D eigenvalue weighted by Gasteiger charge is 2.30. The lowest BCUT2D eigenvalue weighted by molar-refractivity contribution is -0.139. The summed E-state index contributed by atoms with van der Waals surface area (Å²) in [5.41, 5.74) is 2.80. The van der Waals surface area contributed by atoms with Gasteiger partial charge < -0.3 is 15.0 Å². The largest absolute Gasteiger partial charge is 0.497 e. The summed E-state index contributed by atoms with van der Waals surface area (Å²) < 4.78 is 5.22. The number of thioether (sulfide) groups is 1. The predicted octanol–water partition coefficient (Wildman–Crippen LogP) is 6.40. The summed E-state index contributed by atoms with van der Waals surface area (Å²) in [5.74, 6) is 1.37. The standard InChI is InChI=1S/C29H32Cl2N2O3S/c1-3-15-32-29(35)27(16-21-7-5-4-6-8-21)33(18-23-11-12-24(30)17-26(23)31)28(34)20-37-19-22-9-13-25(36-2)14-10-22/h4-14,17,27H,3,15-16,18-20H2,1-2H3,(H,32,35)/t27-/m0/s1. The van der Waals surface area contributed by atoms with E-state index in [4.69, 9.17) is 27.9 Å². The van der Waals surface area contributed by atoms with Crippen molar-refractivity contribution in [2.75, 3.05) is 19.4 Å². The number of carbonyl (C=O) groups is 2. The van der Waals surface area contributed by atoms with Crippen molar-refractivity contribution in [3.8, 4) is 5.75 Å². The molecule has 0 radical (unpaired) electrons. The van der Waals surface area contributed by atoms with Gasteiger partial charge in [-0.1, -0.05) is 78.7 Å². The van der Waals surface area contributed by atoms with Crippen LogP contribution in [0.1, 0.15) is 30.0 Å². The molecule has 1 atom stereocenters. The summed E-state index contributed by atoms with van der Waals surface area (Å²) in [4.78, 5) is 28.7. The van der Waals surface area contributed by atoms with E-state index >= 15 is 0 Å². The van der Waals surface area contributed by atoms with Crippen molar-refractivity contribution in [2.45, 2.75) is 38.1 Å². The monoisotopic (exact) mass is 558 g/mol. The second-order valence-electron chi connectivity index (χ2n) is 8.59. The van der Waals surface area contributed by atoms with Crippen molar-refractivity contribution in [2.24, 2.45) is 0 Å². The van der Waals surface area contributed by atoms with Crippen molar-refractivity contribution >= 4 is 46.8 Å². The molecule has 2 amide bonds. The first-order valence-electron chi connectivity index (χ1n) is 12.2. The van der Waals surface area contributed by atoms with Crippen LogP contribution in [0.2, 0.25) is 10.0 Å². The van der Waals surface area contributed by atoms with Gasteiger partial charge in [-0.05, 0) is 47.4 Å². The minimum absolute atomic E-state index is 0.128. The SMILES string of the molecule is CCCNC(=O)[C@H](Cc1ccccc1)N(Cc1ccc(Cl)cc1Cl)C(=O)CSCc1ccc(OC)cc1. The molecule has 37 heavy (non-hydrogen) atoms. The van der Waals surface area contributed by atoms with Gasteiger partial charge in [0.1, 0.15) is 11.8 Å². The maximum atomic E-state index is 13.7. The minimum atomic E-state index is -0.685. The van der Waals surface area contributed by atoms with Gasteiger partial charge in [-0.15, -0.1) is 11.8 Å². The molecule has 0 unspecified atom stereocenters. The Morgan fingerprint density at radius 2 is 1.73 bits per heavy atom. The Balaban J connectivity index is 1.84. The molecule has 0 heterocycles. The van der Waals surface area contributed by atoms with Crippen molar-refractivity contribution in [1.82, 2.24) is 10.2 Å². The summed E-state index contributed by atoms with van der Waals surface area (Å²) in [5, 5.41) is 3.96. The Bertz CT molecular complexity index is 1160. The van der Waals surface area contributed by atoms with Crippen LogP contribution in [0.25, 0.3) is 0 Å². The zero-order valence-electron chi connectivity index (χ0n) is 21.1. The van der Waals surface area contributed by atoms with E-state index in [0.717, 1.165) is 28.9 Å². The van der Waals surface area contributed by atoms with E-state index in [-0.39, 0.29) is 24.1 Å². The molecule has 0 fully saturated rings. The third kappa shape index (κ3) is 8.99. The fraction of sp³-hybridized carbons (Fsp3) is 0.310. The maximum Gasteiger partial charge on any atom is 0.243 e. The Hall–Kier alpha value is -2.67. The number of rotatable bonds is 13. The molecule has 3 rings (SSSR count). The molecule has 0 aromatic heterocycles. The average molecular weight is 560 g/mol. The summed E-state index contributed by atoms with van der Waals surface area (Å²) in [6.45, 7) is 2.74. The zero-order valence-corrected chi connectivity index (χ0v) is 23.4. The molecule has 0 aliphatic rings. The molecule has 0 spiro atoms. The molecule has 3 aromatic rings. The summed E-state index contributed by atoms with van der Waals surface area (Å²) in [6, 6.07) is 22.0. The van der Waals surface area contributed by atoms with E-state index in [0.29, 0.717) is 28.8 Å².